The third-order valence-corrected chi connectivity index (χ3v) is 5.82. The highest BCUT2D eigenvalue weighted by molar-refractivity contribution is 5.95. The molecule has 3 nitrogen and oxygen atoms in total. The van der Waals surface area contributed by atoms with Crippen LogP contribution in [-0.4, -0.2) is 18.6 Å². The molecule has 1 atom stereocenters. The number of benzene rings is 2. The van der Waals surface area contributed by atoms with Crippen LogP contribution >= 0.6 is 0 Å². The highest BCUT2D eigenvalue weighted by atomic mass is 16.5. The Morgan fingerprint density at radius 2 is 1.88 bits per heavy atom. The quantitative estimate of drug-likeness (QED) is 0.873. The second-order valence-corrected chi connectivity index (χ2v) is 8.03. The molecule has 0 radical (unpaired) electrons. The van der Waals surface area contributed by atoms with Crippen molar-refractivity contribution in [3.05, 3.63) is 65.2 Å². The van der Waals surface area contributed by atoms with Crippen molar-refractivity contribution in [2.45, 2.75) is 56.9 Å². The van der Waals surface area contributed by atoms with Crippen molar-refractivity contribution in [3.8, 4) is 5.75 Å². The van der Waals surface area contributed by atoms with Crippen molar-refractivity contribution in [2.24, 2.45) is 0 Å². The molecule has 4 rings (SSSR count). The molecule has 1 aliphatic carbocycles. The Balaban J connectivity index is 1.54. The maximum atomic E-state index is 12.7. The summed E-state index contributed by atoms with van der Waals surface area (Å²) >= 11 is 0. The summed E-state index contributed by atoms with van der Waals surface area (Å²) < 4.78 is 5.94. The predicted octanol–water partition coefficient (Wildman–Crippen LogP) is 4.64. The minimum atomic E-state index is -0.0994. The zero-order valence-electron chi connectivity index (χ0n) is 15.5. The largest absolute Gasteiger partial charge is 0.492 e. The SMILES string of the molecule is CC1(Cc2ccccc2)COc2ccc(C(=O)NC3CCCCC3)cc21. The second kappa shape index (κ2) is 7.14. The molecule has 26 heavy (non-hydrogen) atoms. The maximum Gasteiger partial charge on any atom is 0.251 e. The molecule has 2 aromatic carbocycles. The fourth-order valence-electron chi connectivity index (χ4n) is 4.29. The summed E-state index contributed by atoms with van der Waals surface area (Å²) in [5.74, 6) is 0.964. The van der Waals surface area contributed by atoms with E-state index in [0.717, 1.165) is 36.1 Å². The van der Waals surface area contributed by atoms with Gasteiger partial charge in [0.25, 0.3) is 5.91 Å². The molecule has 1 heterocycles. The number of nitrogens with one attached hydrogen (secondary N) is 1. The molecule has 1 fully saturated rings. The van der Waals surface area contributed by atoms with E-state index >= 15 is 0 Å². The number of hydrogen-bond donors (Lipinski definition) is 1. The van der Waals surface area contributed by atoms with E-state index in [1.165, 1.54) is 24.8 Å². The van der Waals surface area contributed by atoms with Gasteiger partial charge in [-0.25, -0.2) is 0 Å². The van der Waals surface area contributed by atoms with Crippen molar-refractivity contribution >= 4 is 5.91 Å². The molecule has 1 unspecified atom stereocenters. The molecule has 3 heteroatoms. The minimum Gasteiger partial charge on any atom is -0.492 e. The van der Waals surface area contributed by atoms with Crippen molar-refractivity contribution in [1.29, 1.82) is 0 Å². The Kier molecular flexibility index (Phi) is 4.71. The summed E-state index contributed by atoms with van der Waals surface area (Å²) in [5, 5.41) is 3.22. The Morgan fingerprint density at radius 3 is 2.65 bits per heavy atom. The van der Waals surface area contributed by atoms with Crippen LogP contribution in [0.5, 0.6) is 5.75 Å². The molecule has 1 saturated carbocycles. The smallest absolute Gasteiger partial charge is 0.251 e. The maximum absolute atomic E-state index is 12.7. The normalized spacial score (nSPS) is 22.5. The van der Waals surface area contributed by atoms with Crippen LogP contribution < -0.4 is 10.1 Å². The third-order valence-electron chi connectivity index (χ3n) is 5.82. The lowest BCUT2D eigenvalue weighted by atomic mass is 9.78. The van der Waals surface area contributed by atoms with Gasteiger partial charge in [-0.2, -0.15) is 0 Å². The second-order valence-electron chi connectivity index (χ2n) is 8.03. The molecule has 0 aromatic heterocycles. The van der Waals surface area contributed by atoms with Gasteiger partial charge in [-0.15, -0.1) is 0 Å². The van der Waals surface area contributed by atoms with E-state index in [2.05, 4.69) is 36.5 Å². The van der Waals surface area contributed by atoms with Crippen LogP contribution in [0.2, 0.25) is 0 Å². The number of hydrogen-bond acceptors (Lipinski definition) is 2. The van der Waals surface area contributed by atoms with Crippen LogP contribution in [0.15, 0.2) is 48.5 Å². The molecule has 2 aromatic rings. The van der Waals surface area contributed by atoms with E-state index < -0.39 is 0 Å². The Bertz CT molecular complexity index is 780. The zero-order chi connectivity index (χ0) is 18.0. The first-order valence-electron chi connectivity index (χ1n) is 9.76. The summed E-state index contributed by atoms with van der Waals surface area (Å²) in [6.45, 7) is 2.89. The van der Waals surface area contributed by atoms with Gasteiger partial charge >= 0.3 is 0 Å². The number of amides is 1. The van der Waals surface area contributed by atoms with E-state index in [9.17, 15) is 4.79 Å². The number of fused-ring (bicyclic) bond motifs is 1. The topological polar surface area (TPSA) is 38.3 Å². The van der Waals surface area contributed by atoms with Gasteiger partial charge < -0.3 is 10.1 Å². The first-order valence-corrected chi connectivity index (χ1v) is 9.76. The van der Waals surface area contributed by atoms with E-state index in [-0.39, 0.29) is 11.3 Å². The monoisotopic (exact) mass is 349 g/mol. The number of rotatable bonds is 4. The van der Waals surface area contributed by atoms with Crippen molar-refractivity contribution in [2.75, 3.05) is 6.61 Å². The Hall–Kier alpha value is -2.29. The fraction of sp³-hybridized carbons (Fsp3) is 0.435. The van der Waals surface area contributed by atoms with Crippen molar-refractivity contribution in [3.63, 3.8) is 0 Å². The van der Waals surface area contributed by atoms with Gasteiger partial charge in [0, 0.05) is 22.6 Å². The van der Waals surface area contributed by atoms with Gasteiger partial charge in [-0.05, 0) is 43.0 Å². The van der Waals surface area contributed by atoms with Crippen LogP contribution in [0.4, 0.5) is 0 Å². The predicted molar refractivity (Wildman–Crippen MR) is 104 cm³/mol. The summed E-state index contributed by atoms with van der Waals surface area (Å²) in [7, 11) is 0. The Labute approximate surface area is 155 Å². The van der Waals surface area contributed by atoms with E-state index in [0.29, 0.717) is 12.6 Å². The lowest BCUT2D eigenvalue weighted by Gasteiger charge is -2.24. The van der Waals surface area contributed by atoms with Gasteiger partial charge in [-0.1, -0.05) is 56.5 Å². The molecular formula is C23H27NO2. The van der Waals surface area contributed by atoms with E-state index in [1.807, 2.05) is 24.3 Å². The number of carbonyl (C=O) groups is 1. The molecule has 0 saturated heterocycles. The fourth-order valence-corrected chi connectivity index (χ4v) is 4.29. The summed E-state index contributed by atoms with van der Waals surface area (Å²) in [4.78, 5) is 12.7. The van der Waals surface area contributed by atoms with Gasteiger partial charge in [0.15, 0.2) is 0 Å². The van der Waals surface area contributed by atoms with Crippen molar-refractivity contribution < 1.29 is 9.53 Å². The van der Waals surface area contributed by atoms with Gasteiger partial charge in [0.2, 0.25) is 0 Å². The van der Waals surface area contributed by atoms with Gasteiger partial charge in [0.05, 0.1) is 6.61 Å². The van der Waals surface area contributed by atoms with Gasteiger partial charge in [-0.3, -0.25) is 4.79 Å². The van der Waals surface area contributed by atoms with Crippen LogP contribution in [-0.2, 0) is 11.8 Å². The van der Waals surface area contributed by atoms with Crippen LogP contribution in [0.3, 0.4) is 0 Å². The zero-order valence-corrected chi connectivity index (χ0v) is 15.5. The standard InChI is InChI=1S/C23H27NO2/c1-23(15-17-8-4-2-5-9-17)16-26-21-13-12-18(14-20(21)23)22(25)24-19-10-6-3-7-11-19/h2,4-5,8-9,12-14,19H,3,6-7,10-11,15-16H2,1H3,(H,24,25). The lowest BCUT2D eigenvalue weighted by Crippen LogP contribution is -2.36. The van der Waals surface area contributed by atoms with Gasteiger partial charge in [0.1, 0.15) is 5.75 Å². The highest BCUT2D eigenvalue weighted by Gasteiger charge is 2.37. The molecule has 136 valence electrons. The molecule has 1 aliphatic heterocycles. The average Bonchev–Trinajstić information content (AvgIpc) is 2.99. The molecule has 2 aliphatic rings. The lowest BCUT2D eigenvalue weighted by molar-refractivity contribution is 0.0927. The van der Waals surface area contributed by atoms with Crippen LogP contribution in [0.1, 0.15) is 60.5 Å². The first kappa shape index (κ1) is 17.1. The van der Waals surface area contributed by atoms with E-state index in [4.69, 9.17) is 4.74 Å². The van der Waals surface area contributed by atoms with Crippen molar-refractivity contribution in [1.82, 2.24) is 5.32 Å². The summed E-state index contributed by atoms with van der Waals surface area (Å²) in [6.07, 6.45) is 6.85. The average molecular weight is 349 g/mol. The van der Waals surface area contributed by atoms with Crippen LogP contribution in [0.25, 0.3) is 0 Å². The molecule has 1 N–H and O–H groups in total. The number of ether oxygens (including phenoxy) is 1. The van der Waals surface area contributed by atoms with E-state index in [1.54, 1.807) is 0 Å². The highest BCUT2D eigenvalue weighted by Crippen LogP contribution is 2.41. The number of carbonyl (C=O) groups excluding carboxylic acids is 1. The molecule has 0 spiro atoms. The summed E-state index contributed by atoms with van der Waals surface area (Å²) in [5.41, 5.74) is 3.10. The van der Waals surface area contributed by atoms with Crippen LogP contribution in [0, 0.1) is 0 Å². The Morgan fingerprint density at radius 1 is 1.12 bits per heavy atom. The third kappa shape index (κ3) is 3.48. The summed E-state index contributed by atoms with van der Waals surface area (Å²) in [6, 6.07) is 16.7. The molecular weight excluding hydrogens is 322 g/mol. The molecule has 0 bridgehead atoms. The molecule has 1 amide bonds. The minimum absolute atomic E-state index is 0.0497. The first-order chi connectivity index (χ1) is 12.6.